The lowest BCUT2D eigenvalue weighted by molar-refractivity contribution is -0.173. The van der Waals surface area contributed by atoms with Crippen LogP contribution in [0, 0.1) is 0 Å². The van der Waals surface area contributed by atoms with Gasteiger partial charge in [-0.1, -0.05) is 23.7 Å². The molecule has 2 aromatic rings. The second-order valence-corrected chi connectivity index (χ2v) is 7.28. The molecule has 2 aromatic carbocycles. The fourth-order valence-corrected chi connectivity index (χ4v) is 3.10. The molecule has 0 saturated heterocycles. The highest BCUT2D eigenvalue weighted by Crippen LogP contribution is 2.28. The minimum Gasteiger partial charge on any atom is -0.489 e. The van der Waals surface area contributed by atoms with Gasteiger partial charge in [-0.25, -0.2) is 4.39 Å². The summed E-state index contributed by atoms with van der Waals surface area (Å²) in [4.78, 5) is 25.1. The molecule has 0 spiro atoms. The highest BCUT2D eigenvalue weighted by Gasteiger charge is 2.38. The van der Waals surface area contributed by atoms with E-state index in [0.29, 0.717) is 35.0 Å². The van der Waals surface area contributed by atoms with Gasteiger partial charge in [0.15, 0.2) is 0 Å². The summed E-state index contributed by atoms with van der Waals surface area (Å²) in [5.74, 6) is -1.99. The number of carbonyl (C=O) groups is 2. The number of hydrogen-bond donors (Lipinski definition) is 1. The van der Waals surface area contributed by atoms with Crippen LogP contribution in [0.25, 0.3) is 0 Å². The fraction of sp³-hybridized carbons (Fsp3) is 0.238. The van der Waals surface area contributed by atoms with Gasteiger partial charge < -0.3 is 15.0 Å². The Hall–Kier alpha value is -3.07. The Balaban J connectivity index is 1.58. The number of amides is 2. The number of carbonyl (C=O) groups excluding carboxylic acids is 2. The number of hydrogen-bond acceptors (Lipinski definition) is 3. The van der Waals surface area contributed by atoms with Gasteiger partial charge in [0.2, 0.25) is 0 Å². The van der Waals surface area contributed by atoms with Gasteiger partial charge in [-0.3, -0.25) is 9.59 Å². The molecule has 1 heterocycles. The molecule has 2 amide bonds. The molecule has 10 heteroatoms. The monoisotopic (exact) mass is 456 g/mol. The molecule has 0 radical (unpaired) electrons. The van der Waals surface area contributed by atoms with Crippen molar-refractivity contribution in [1.29, 1.82) is 0 Å². The van der Waals surface area contributed by atoms with E-state index in [4.69, 9.17) is 16.3 Å². The van der Waals surface area contributed by atoms with Gasteiger partial charge in [0, 0.05) is 35.8 Å². The predicted molar refractivity (Wildman–Crippen MR) is 105 cm³/mol. The van der Waals surface area contributed by atoms with Gasteiger partial charge in [0.1, 0.15) is 12.4 Å². The molecule has 1 N–H and O–H groups in total. The Morgan fingerprint density at radius 3 is 2.55 bits per heavy atom. The first-order chi connectivity index (χ1) is 14.7. The van der Waals surface area contributed by atoms with Crippen LogP contribution in [0.15, 0.2) is 54.4 Å². The third-order valence-electron chi connectivity index (χ3n) is 4.55. The van der Waals surface area contributed by atoms with Crippen LogP contribution in [-0.4, -0.2) is 36.0 Å². The molecule has 1 aliphatic rings. The van der Waals surface area contributed by atoms with Crippen molar-refractivity contribution in [3.8, 4) is 5.75 Å². The summed E-state index contributed by atoms with van der Waals surface area (Å²) in [5.41, 5.74) is 1.96. The van der Waals surface area contributed by atoms with Gasteiger partial charge in [0.25, 0.3) is 5.91 Å². The van der Waals surface area contributed by atoms with Gasteiger partial charge in [-0.2, -0.15) is 13.2 Å². The SMILES string of the molecule is O=C1c2ccc(OCC(=CF)CNC(=O)C(F)(F)F)cc2CN1Cc1ccc(Cl)cc1. The van der Waals surface area contributed by atoms with Crippen molar-refractivity contribution in [3.63, 3.8) is 0 Å². The van der Waals surface area contributed by atoms with Gasteiger partial charge >= 0.3 is 12.1 Å². The summed E-state index contributed by atoms with van der Waals surface area (Å²) in [5, 5.41) is 2.18. The average Bonchev–Trinajstić information content (AvgIpc) is 3.03. The summed E-state index contributed by atoms with van der Waals surface area (Å²) in [6, 6.07) is 11.9. The van der Waals surface area contributed by atoms with E-state index in [9.17, 15) is 27.2 Å². The second-order valence-electron chi connectivity index (χ2n) is 6.84. The van der Waals surface area contributed by atoms with Gasteiger partial charge in [-0.05, 0) is 41.5 Å². The summed E-state index contributed by atoms with van der Waals surface area (Å²) in [6.45, 7) is -0.265. The van der Waals surface area contributed by atoms with E-state index in [1.54, 1.807) is 34.5 Å². The Morgan fingerprint density at radius 2 is 1.90 bits per heavy atom. The van der Waals surface area contributed by atoms with Gasteiger partial charge in [0.05, 0.1) is 6.33 Å². The lowest BCUT2D eigenvalue weighted by Crippen LogP contribution is -2.38. The molecule has 1 aliphatic heterocycles. The Bertz CT molecular complexity index is 1010. The smallest absolute Gasteiger partial charge is 0.471 e. The minimum absolute atomic E-state index is 0.0847. The topological polar surface area (TPSA) is 58.6 Å². The lowest BCUT2D eigenvalue weighted by Gasteiger charge is -2.15. The molecule has 0 saturated carbocycles. The molecule has 5 nitrogen and oxygen atoms in total. The third-order valence-corrected chi connectivity index (χ3v) is 4.81. The van der Waals surface area contributed by atoms with Gasteiger partial charge in [-0.15, -0.1) is 0 Å². The van der Waals surface area contributed by atoms with E-state index < -0.39 is 18.6 Å². The minimum atomic E-state index is -5.05. The van der Waals surface area contributed by atoms with E-state index in [-0.39, 0.29) is 24.4 Å². The standard InChI is InChI=1S/C21H17ClF4N2O3/c22-16-3-1-13(2-4-16)10-28-11-15-7-17(5-6-18(15)19(28)29)31-12-14(8-23)9-27-20(30)21(24,25)26/h1-8H,9-12H2,(H,27,30). The third kappa shape index (κ3) is 5.75. The molecule has 0 atom stereocenters. The van der Waals surface area contributed by atoms with Crippen molar-refractivity contribution in [2.45, 2.75) is 19.3 Å². The van der Waals surface area contributed by atoms with Crippen molar-refractivity contribution >= 4 is 23.4 Å². The zero-order valence-electron chi connectivity index (χ0n) is 16.0. The van der Waals surface area contributed by atoms with E-state index in [1.165, 1.54) is 6.07 Å². The number of fused-ring (bicyclic) bond motifs is 1. The molecular weight excluding hydrogens is 440 g/mol. The summed E-state index contributed by atoms with van der Waals surface area (Å²) < 4.78 is 55.0. The molecule has 3 rings (SSSR count). The van der Waals surface area contributed by atoms with Crippen LogP contribution >= 0.6 is 11.6 Å². The summed E-state index contributed by atoms with van der Waals surface area (Å²) in [7, 11) is 0. The van der Waals surface area contributed by atoms with Crippen molar-refractivity contribution < 1.29 is 31.9 Å². The van der Waals surface area contributed by atoms with Crippen molar-refractivity contribution in [1.82, 2.24) is 10.2 Å². The van der Waals surface area contributed by atoms with Crippen molar-refractivity contribution in [2.75, 3.05) is 13.2 Å². The maximum Gasteiger partial charge on any atom is 0.471 e. The molecule has 0 aromatic heterocycles. The second kappa shape index (κ2) is 9.38. The van der Waals surface area contributed by atoms with Crippen molar-refractivity contribution in [2.24, 2.45) is 0 Å². The molecule has 0 fully saturated rings. The van der Waals surface area contributed by atoms with Crippen LogP contribution in [0.4, 0.5) is 17.6 Å². The van der Waals surface area contributed by atoms with Crippen LogP contribution in [0.1, 0.15) is 21.5 Å². The Kier molecular flexibility index (Phi) is 6.84. The first-order valence-electron chi connectivity index (χ1n) is 9.10. The molecule has 31 heavy (non-hydrogen) atoms. The normalized spacial score (nSPS) is 13.9. The van der Waals surface area contributed by atoms with Crippen LogP contribution < -0.4 is 10.1 Å². The van der Waals surface area contributed by atoms with E-state index in [1.807, 2.05) is 12.1 Å². The maximum absolute atomic E-state index is 12.9. The predicted octanol–water partition coefficient (Wildman–Crippen LogP) is 4.41. The number of alkyl halides is 3. The quantitative estimate of drug-likeness (QED) is 0.628. The highest BCUT2D eigenvalue weighted by atomic mass is 35.5. The molecule has 164 valence electrons. The van der Waals surface area contributed by atoms with Crippen LogP contribution in [0.5, 0.6) is 5.75 Å². The van der Waals surface area contributed by atoms with E-state index >= 15 is 0 Å². The summed E-state index contributed by atoms with van der Waals surface area (Å²) >= 11 is 5.87. The number of benzene rings is 2. The Labute approximate surface area is 180 Å². The molecule has 0 unspecified atom stereocenters. The number of nitrogens with one attached hydrogen (secondary N) is 1. The summed E-state index contributed by atoms with van der Waals surface area (Å²) in [6.07, 6.45) is -4.96. The average molecular weight is 457 g/mol. The molecule has 0 bridgehead atoms. The van der Waals surface area contributed by atoms with Crippen LogP contribution in [0.3, 0.4) is 0 Å². The molecule has 0 aliphatic carbocycles. The van der Waals surface area contributed by atoms with E-state index in [2.05, 4.69) is 0 Å². The Morgan fingerprint density at radius 1 is 1.19 bits per heavy atom. The lowest BCUT2D eigenvalue weighted by atomic mass is 10.1. The number of halogens is 5. The zero-order valence-corrected chi connectivity index (χ0v) is 16.8. The first kappa shape index (κ1) is 22.6. The fourth-order valence-electron chi connectivity index (χ4n) is 2.98. The van der Waals surface area contributed by atoms with Crippen molar-refractivity contribution in [3.05, 3.63) is 76.1 Å². The molecular formula is C21H17ClF4N2O3. The van der Waals surface area contributed by atoms with Crippen LogP contribution in [0.2, 0.25) is 5.02 Å². The van der Waals surface area contributed by atoms with E-state index in [0.717, 1.165) is 5.56 Å². The highest BCUT2D eigenvalue weighted by molar-refractivity contribution is 6.30. The number of nitrogens with zero attached hydrogens (tertiary/aromatic N) is 1. The first-order valence-corrected chi connectivity index (χ1v) is 9.48. The van der Waals surface area contributed by atoms with Crippen LogP contribution in [-0.2, 0) is 17.9 Å². The maximum atomic E-state index is 12.9. The zero-order chi connectivity index (χ0) is 22.6. The number of ether oxygens (including phenoxy) is 1. The number of rotatable bonds is 7. The largest absolute Gasteiger partial charge is 0.489 e.